The largest absolute Gasteiger partial charge is 0.490 e. The maximum absolute atomic E-state index is 12.2. The molecule has 0 radical (unpaired) electrons. The van der Waals surface area contributed by atoms with Crippen LogP contribution in [0, 0.1) is 0 Å². The van der Waals surface area contributed by atoms with Gasteiger partial charge in [0.15, 0.2) is 5.76 Å². The Balaban J connectivity index is 1.65. The van der Waals surface area contributed by atoms with E-state index >= 15 is 0 Å². The van der Waals surface area contributed by atoms with Crippen LogP contribution in [0.2, 0.25) is 0 Å². The second-order valence-electron chi connectivity index (χ2n) is 6.02. The van der Waals surface area contributed by atoms with Crippen LogP contribution < -0.4 is 10.2 Å². The van der Waals surface area contributed by atoms with E-state index in [2.05, 4.69) is 49.3 Å². The van der Waals surface area contributed by atoms with Crippen LogP contribution in [0.15, 0.2) is 60.9 Å². The average molecular weight is 494 g/mol. The van der Waals surface area contributed by atoms with Gasteiger partial charge in [-0.25, -0.2) is 5.43 Å². The molecule has 2 aromatic carbocycles. The molecule has 0 saturated carbocycles. The summed E-state index contributed by atoms with van der Waals surface area (Å²) < 4.78 is 13.1. The van der Waals surface area contributed by atoms with E-state index in [0.717, 1.165) is 32.1 Å². The molecule has 1 heterocycles. The quantitative estimate of drug-likeness (QED) is 0.343. The summed E-state index contributed by atoms with van der Waals surface area (Å²) in [5.74, 6) is 0.576. The first kappa shape index (κ1) is 19.6. The Labute approximate surface area is 174 Å². The molecule has 3 rings (SSSR count). The van der Waals surface area contributed by atoms with Crippen LogP contribution in [0.4, 0.5) is 0 Å². The van der Waals surface area contributed by atoms with Crippen molar-refractivity contribution in [2.75, 3.05) is 0 Å². The summed E-state index contributed by atoms with van der Waals surface area (Å²) in [7, 11) is 0. The Hall–Kier alpha value is -2.12. The molecule has 0 aliphatic heterocycles. The molecule has 1 N–H and O–H groups in total. The Bertz CT molecular complexity index is 998. The maximum Gasteiger partial charge on any atom is 0.307 e. The number of halogens is 2. The molecule has 0 spiro atoms. The topological polar surface area (TPSA) is 63.8 Å². The highest BCUT2D eigenvalue weighted by Gasteiger charge is 2.12. The number of rotatable bonds is 6. The molecule has 1 amide bonds. The van der Waals surface area contributed by atoms with Crippen molar-refractivity contribution in [3.05, 3.63) is 62.7 Å². The molecule has 0 aliphatic rings. The van der Waals surface area contributed by atoms with Crippen molar-refractivity contribution in [2.45, 2.75) is 26.4 Å². The molecule has 0 unspecified atom stereocenters. The monoisotopic (exact) mass is 492 g/mol. The summed E-state index contributed by atoms with van der Waals surface area (Å²) in [6, 6.07) is 12.9. The Morgan fingerprint density at radius 1 is 1.26 bits per heavy atom. The van der Waals surface area contributed by atoms with E-state index in [-0.39, 0.29) is 11.9 Å². The molecule has 7 heteroatoms. The van der Waals surface area contributed by atoms with Crippen molar-refractivity contribution in [1.29, 1.82) is 0 Å². The first-order valence-corrected chi connectivity index (χ1v) is 10.0. The van der Waals surface area contributed by atoms with Gasteiger partial charge in [0.25, 0.3) is 0 Å². The van der Waals surface area contributed by atoms with Crippen molar-refractivity contribution in [3.8, 4) is 5.75 Å². The first-order valence-electron chi connectivity index (χ1n) is 8.45. The lowest BCUT2D eigenvalue weighted by atomic mass is 10.2. The normalized spacial score (nSPS) is 12.4. The van der Waals surface area contributed by atoms with E-state index < -0.39 is 5.91 Å². The minimum atomic E-state index is -0.408. The number of benzene rings is 2. The van der Waals surface area contributed by atoms with Gasteiger partial charge in [-0.05, 0) is 77.3 Å². The lowest BCUT2D eigenvalue weighted by molar-refractivity contribution is 0.0929. The molecule has 27 heavy (non-hydrogen) atoms. The van der Waals surface area contributed by atoms with Crippen LogP contribution in [0.3, 0.4) is 0 Å². The molecule has 0 fully saturated rings. The van der Waals surface area contributed by atoms with Gasteiger partial charge in [-0.2, -0.15) is 5.10 Å². The molecule has 1 atom stereocenters. The third-order valence-corrected chi connectivity index (χ3v) is 5.05. The van der Waals surface area contributed by atoms with Gasteiger partial charge < -0.3 is 9.15 Å². The third kappa shape index (κ3) is 4.99. The number of hydrogen-bond acceptors (Lipinski definition) is 4. The number of carbonyl (C=O) groups is 1. The second-order valence-corrected chi connectivity index (χ2v) is 7.79. The zero-order chi connectivity index (χ0) is 19.4. The first-order chi connectivity index (χ1) is 13.0. The van der Waals surface area contributed by atoms with Crippen molar-refractivity contribution in [2.24, 2.45) is 5.10 Å². The predicted molar refractivity (Wildman–Crippen MR) is 113 cm³/mol. The van der Waals surface area contributed by atoms with E-state index in [9.17, 15) is 4.79 Å². The number of fused-ring (bicyclic) bond motifs is 1. The van der Waals surface area contributed by atoms with Crippen LogP contribution in [-0.2, 0) is 0 Å². The van der Waals surface area contributed by atoms with Crippen molar-refractivity contribution < 1.29 is 13.9 Å². The number of furan rings is 1. The smallest absolute Gasteiger partial charge is 0.307 e. The lowest BCUT2D eigenvalue weighted by Crippen LogP contribution is -2.16. The second kappa shape index (κ2) is 8.71. The third-order valence-electron chi connectivity index (χ3n) is 3.94. The van der Waals surface area contributed by atoms with Gasteiger partial charge in [0.05, 0.1) is 16.8 Å². The van der Waals surface area contributed by atoms with Crippen molar-refractivity contribution >= 4 is 55.0 Å². The summed E-state index contributed by atoms with van der Waals surface area (Å²) in [5.41, 5.74) is 3.95. The number of amides is 1. The van der Waals surface area contributed by atoms with E-state index in [1.54, 1.807) is 18.3 Å². The van der Waals surface area contributed by atoms with Crippen molar-refractivity contribution in [1.82, 2.24) is 5.43 Å². The van der Waals surface area contributed by atoms with Gasteiger partial charge in [0.2, 0.25) is 0 Å². The molecular formula is C20H18Br2N2O3. The summed E-state index contributed by atoms with van der Waals surface area (Å²) >= 11 is 6.89. The molecule has 0 saturated heterocycles. The zero-order valence-corrected chi connectivity index (χ0v) is 18.0. The highest BCUT2D eigenvalue weighted by molar-refractivity contribution is 9.10. The molecule has 0 aliphatic carbocycles. The summed E-state index contributed by atoms with van der Waals surface area (Å²) in [4.78, 5) is 12.2. The number of hydrazone groups is 1. The molecule has 140 valence electrons. The van der Waals surface area contributed by atoms with Crippen LogP contribution >= 0.6 is 31.9 Å². The number of ether oxygens (including phenoxy) is 1. The van der Waals surface area contributed by atoms with Crippen LogP contribution in [0.25, 0.3) is 11.0 Å². The fourth-order valence-corrected chi connectivity index (χ4v) is 3.21. The Morgan fingerprint density at radius 3 is 2.81 bits per heavy atom. The lowest BCUT2D eigenvalue weighted by Gasteiger charge is -2.14. The van der Waals surface area contributed by atoms with Crippen molar-refractivity contribution in [3.63, 3.8) is 0 Å². The number of carbonyl (C=O) groups excluding carboxylic acids is 1. The summed E-state index contributed by atoms with van der Waals surface area (Å²) in [6.07, 6.45) is 2.64. The van der Waals surface area contributed by atoms with E-state index in [0.29, 0.717) is 5.58 Å². The highest BCUT2D eigenvalue weighted by atomic mass is 79.9. The molecule has 5 nitrogen and oxygen atoms in total. The zero-order valence-electron chi connectivity index (χ0n) is 14.8. The summed E-state index contributed by atoms with van der Waals surface area (Å²) in [5, 5.41) is 4.84. The van der Waals surface area contributed by atoms with E-state index in [1.165, 1.54) is 0 Å². The van der Waals surface area contributed by atoms with Crippen LogP contribution in [-0.4, -0.2) is 18.2 Å². The van der Waals surface area contributed by atoms with E-state index in [4.69, 9.17) is 9.15 Å². The molecular weight excluding hydrogens is 476 g/mol. The molecule has 0 bridgehead atoms. The SMILES string of the molecule is CC[C@@H](C)Oc1ccc(/C=N/NC(=O)c2cc3cc(Br)ccc3o2)cc1Br. The van der Waals surface area contributed by atoms with E-state index in [1.807, 2.05) is 37.3 Å². The molecule has 3 aromatic rings. The number of nitrogens with zero attached hydrogens (tertiary/aromatic N) is 1. The molecule has 1 aromatic heterocycles. The standard InChI is InChI=1S/C20H18Br2N2O3/c1-3-12(2)26-18-6-4-13(8-16(18)22)11-23-24-20(25)19-10-14-9-15(21)5-7-17(14)27-19/h4-12H,3H2,1-2H3,(H,24,25)/b23-11+/t12-/m1/s1. The number of hydrogen-bond donors (Lipinski definition) is 1. The van der Waals surface area contributed by atoms with Gasteiger partial charge in [0, 0.05) is 9.86 Å². The minimum Gasteiger partial charge on any atom is -0.490 e. The summed E-state index contributed by atoms with van der Waals surface area (Å²) in [6.45, 7) is 4.09. The van der Waals surface area contributed by atoms with Crippen LogP contribution in [0.5, 0.6) is 5.75 Å². The van der Waals surface area contributed by atoms with Gasteiger partial charge in [-0.15, -0.1) is 0 Å². The van der Waals surface area contributed by atoms with Gasteiger partial charge in [-0.1, -0.05) is 22.9 Å². The van der Waals surface area contributed by atoms with Gasteiger partial charge >= 0.3 is 5.91 Å². The maximum atomic E-state index is 12.2. The number of nitrogens with one attached hydrogen (secondary N) is 1. The fourth-order valence-electron chi connectivity index (χ4n) is 2.34. The predicted octanol–water partition coefficient (Wildman–Crippen LogP) is 5.90. The highest BCUT2D eigenvalue weighted by Crippen LogP contribution is 2.27. The van der Waals surface area contributed by atoms with Crippen LogP contribution in [0.1, 0.15) is 36.4 Å². The van der Waals surface area contributed by atoms with Gasteiger partial charge in [0.1, 0.15) is 11.3 Å². The Kier molecular flexibility index (Phi) is 6.34. The minimum absolute atomic E-state index is 0.143. The van der Waals surface area contributed by atoms with Gasteiger partial charge in [-0.3, -0.25) is 4.79 Å². The fraction of sp³-hybridized carbons (Fsp3) is 0.200. The average Bonchev–Trinajstić information content (AvgIpc) is 3.07. The Morgan fingerprint density at radius 2 is 2.07 bits per heavy atom.